The fourth-order valence-corrected chi connectivity index (χ4v) is 2.89. The molecule has 0 radical (unpaired) electrons. The van der Waals surface area contributed by atoms with Crippen LogP contribution in [0.1, 0.15) is 23.5 Å². The second-order valence-corrected chi connectivity index (χ2v) is 5.11. The molecule has 2 aromatic rings. The number of aromatic nitrogens is 1. The van der Waals surface area contributed by atoms with Crippen molar-refractivity contribution < 1.29 is 9.13 Å². The van der Waals surface area contributed by atoms with Crippen molar-refractivity contribution in [3.63, 3.8) is 0 Å². The molecule has 0 saturated carbocycles. The molecule has 1 atom stereocenters. The molecule has 2 rings (SSSR count). The summed E-state index contributed by atoms with van der Waals surface area (Å²) in [6.07, 6.45) is 0. The zero-order valence-corrected chi connectivity index (χ0v) is 11.3. The largest absolute Gasteiger partial charge is 0.496 e. The predicted molar refractivity (Wildman–Crippen MR) is 71.4 cm³/mol. The van der Waals surface area contributed by atoms with Gasteiger partial charge in [-0.2, -0.15) is 0 Å². The second-order valence-electron chi connectivity index (χ2n) is 4.07. The molecule has 1 heterocycles. The van der Waals surface area contributed by atoms with Crippen molar-refractivity contribution in [2.24, 2.45) is 5.73 Å². The second kappa shape index (κ2) is 5.04. The monoisotopic (exact) mass is 266 g/mol. The smallest absolute Gasteiger partial charge is 0.137 e. The van der Waals surface area contributed by atoms with Crippen LogP contribution in [0, 0.1) is 12.7 Å². The molecule has 0 amide bonds. The summed E-state index contributed by atoms with van der Waals surface area (Å²) in [6.45, 7) is 3.77. The molecule has 3 nitrogen and oxygen atoms in total. The van der Waals surface area contributed by atoms with E-state index in [1.165, 1.54) is 24.5 Å². The Morgan fingerprint density at radius 1 is 1.44 bits per heavy atom. The normalized spacial score (nSPS) is 12.5. The van der Waals surface area contributed by atoms with Crippen molar-refractivity contribution in [3.8, 4) is 16.3 Å². The number of rotatable bonds is 3. The quantitative estimate of drug-likeness (QED) is 0.927. The Morgan fingerprint density at radius 3 is 2.72 bits per heavy atom. The van der Waals surface area contributed by atoms with Gasteiger partial charge in [-0.05, 0) is 26.0 Å². The SMILES string of the molecule is COc1cccc(F)c1-c1nc(C)c(C(C)N)s1. The maximum atomic E-state index is 13.9. The number of halogens is 1. The Balaban J connectivity index is 2.59. The number of aryl methyl sites for hydroxylation is 1. The number of thiazole rings is 1. The lowest BCUT2D eigenvalue weighted by Crippen LogP contribution is -2.03. The average Bonchev–Trinajstić information content (AvgIpc) is 2.70. The van der Waals surface area contributed by atoms with E-state index in [2.05, 4.69) is 4.98 Å². The highest BCUT2D eigenvalue weighted by Gasteiger charge is 2.18. The molecular weight excluding hydrogens is 251 g/mol. The van der Waals surface area contributed by atoms with Crippen molar-refractivity contribution in [3.05, 3.63) is 34.6 Å². The molecule has 0 bridgehead atoms. The van der Waals surface area contributed by atoms with E-state index in [1.54, 1.807) is 12.1 Å². The minimum absolute atomic E-state index is 0.103. The predicted octanol–water partition coefficient (Wildman–Crippen LogP) is 3.29. The van der Waals surface area contributed by atoms with Crippen LogP contribution in [0.5, 0.6) is 5.75 Å². The first-order chi connectivity index (χ1) is 8.54. The summed E-state index contributed by atoms with van der Waals surface area (Å²) in [5.74, 6) is 0.152. The third-order valence-electron chi connectivity index (χ3n) is 2.66. The number of nitrogens with two attached hydrogens (primary N) is 1. The van der Waals surface area contributed by atoms with Gasteiger partial charge in [0.2, 0.25) is 0 Å². The molecular formula is C13H15FN2OS. The molecule has 18 heavy (non-hydrogen) atoms. The van der Waals surface area contributed by atoms with Crippen LogP contribution in [0.2, 0.25) is 0 Å². The van der Waals surface area contributed by atoms with Crippen molar-refractivity contribution in [1.82, 2.24) is 4.98 Å². The maximum Gasteiger partial charge on any atom is 0.137 e. The molecule has 2 N–H and O–H groups in total. The van der Waals surface area contributed by atoms with Gasteiger partial charge in [-0.3, -0.25) is 0 Å². The van der Waals surface area contributed by atoms with Crippen LogP contribution in [-0.2, 0) is 0 Å². The molecule has 0 aliphatic carbocycles. The van der Waals surface area contributed by atoms with E-state index in [-0.39, 0.29) is 11.9 Å². The fraction of sp³-hybridized carbons (Fsp3) is 0.308. The number of ether oxygens (including phenoxy) is 1. The summed E-state index contributed by atoms with van der Waals surface area (Å²) in [5.41, 5.74) is 7.11. The minimum atomic E-state index is -0.334. The highest BCUT2D eigenvalue weighted by molar-refractivity contribution is 7.15. The van der Waals surface area contributed by atoms with Gasteiger partial charge in [0.05, 0.1) is 18.4 Å². The van der Waals surface area contributed by atoms with Crippen LogP contribution in [0.25, 0.3) is 10.6 Å². The first-order valence-electron chi connectivity index (χ1n) is 5.60. The van der Waals surface area contributed by atoms with Gasteiger partial charge in [0.15, 0.2) is 0 Å². The Kier molecular flexibility index (Phi) is 3.63. The summed E-state index contributed by atoms with van der Waals surface area (Å²) in [5, 5.41) is 0.606. The third-order valence-corrected chi connectivity index (χ3v) is 4.03. The summed E-state index contributed by atoms with van der Waals surface area (Å²) < 4.78 is 19.1. The van der Waals surface area contributed by atoms with Crippen molar-refractivity contribution in [2.45, 2.75) is 19.9 Å². The van der Waals surface area contributed by atoms with E-state index in [9.17, 15) is 4.39 Å². The van der Waals surface area contributed by atoms with Crippen molar-refractivity contribution >= 4 is 11.3 Å². The van der Waals surface area contributed by atoms with Gasteiger partial charge in [0.25, 0.3) is 0 Å². The third kappa shape index (κ3) is 2.23. The van der Waals surface area contributed by atoms with Crippen molar-refractivity contribution in [1.29, 1.82) is 0 Å². The molecule has 0 aliphatic rings. The van der Waals surface area contributed by atoms with Gasteiger partial charge in [-0.25, -0.2) is 9.37 Å². The fourth-order valence-electron chi connectivity index (χ4n) is 1.82. The topological polar surface area (TPSA) is 48.1 Å². The summed E-state index contributed by atoms with van der Waals surface area (Å²) >= 11 is 1.41. The van der Waals surface area contributed by atoms with Crippen LogP contribution in [-0.4, -0.2) is 12.1 Å². The lowest BCUT2D eigenvalue weighted by atomic mass is 10.2. The highest BCUT2D eigenvalue weighted by atomic mass is 32.1. The standard InChI is InChI=1S/C13H15FN2OS/c1-7(15)12-8(2)16-13(18-12)11-9(14)5-4-6-10(11)17-3/h4-7H,15H2,1-3H3. The van der Waals surface area contributed by atoms with Crippen LogP contribution in [0.3, 0.4) is 0 Å². The number of hydrogen-bond donors (Lipinski definition) is 1. The molecule has 0 fully saturated rings. The molecule has 1 unspecified atom stereocenters. The van der Waals surface area contributed by atoms with Crippen LogP contribution in [0.15, 0.2) is 18.2 Å². The molecule has 1 aromatic carbocycles. The van der Waals surface area contributed by atoms with Crippen LogP contribution >= 0.6 is 11.3 Å². The van der Waals surface area contributed by atoms with E-state index in [0.717, 1.165) is 10.6 Å². The average molecular weight is 266 g/mol. The lowest BCUT2D eigenvalue weighted by Gasteiger charge is -2.06. The van der Waals surface area contributed by atoms with Crippen molar-refractivity contribution in [2.75, 3.05) is 7.11 Å². The molecule has 5 heteroatoms. The zero-order chi connectivity index (χ0) is 13.3. The van der Waals surface area contributed by atoms with E-state index in [0.29, 0.717) is 16.3 Å². The lowest BCUT2D eigenvalue weighted by molar-refractivity contribution is 0.413. The van der Waals surface area contributed by atoms with E-state index in [1.807, 2.05) is 13.8 Å². The maximum absolute atomic E-state index is 13.9. The molecule has 0 spiro atoms. The first kappa shape index (κ1) is 13.0. The zero-order valence-electron chi connectivity index (χ0n) is 10.5. The Morgan fingerprint density at radius 2 is 2.17 bits per heavy atom. The number of benzene rings is 1. The Bertz CT molecular complexity index is 566. The number of nitrogens with zero attached hydrogens (tertiary/aromatic N) is 1. The van der Waals surface area contributed by atoms with Gasteiger partial charge >= 0.3 is 0 Å². The summed E-state index contributed by atoms with van der Waals surface area (Å²) in [7, 11) is 1.52. The van der Waals surface area contributed by atoms with E-state index in [4.69, 9.17) is 10.5 Å². The van der Waals surface area contributed by atoms with Crippen LogP contribution < -0.4 is 10.5 Å². The Labute approximate surface area is 109 Å². The summed E-state index contributed by atoms with van der Waals surface area (Å²) in [6, 6.07) is 4.64. The molecule has 1 aromatic heterocycles. The van der Waals surface area contributed by atoms with Gasteiger partial charge in [0, 0.05) is 10.9 Å². The molecule has 96 valence electrons. The van der Waals surface area contributed by atoms with Gasteiger partial charge in [-0.1, -0.05) is 6.07 Å². The molecule has 0 aliphatic heterocycles. The van der Waals surface area contributed by atoms with Crippen LogP contribution in [0.4, 0.5) is 4.39 Å². The minimum Gasteiger partial charge on any atom is -0.496 e. The first-order valence-corrected chi connectivity index (χ1v) is 6.42. The molecule has 0 saturated heterocycles. The number of hydrogen-bond acceptors (Lipinski definition) is 4. The van der Waals surface area contributed by atoms with Gasteiger partial charge < -0.3 is 10.5 Å². The Hall–Kier alpha value is -1.46. The summed E-state index contributed by atoms with van der Waals surface area (Å²) in [4.78, 5) is 5.36. The van der Waals surface area contributed by atoms with E-state index < -0.39 is 0 Å². The van der Waals surface area contributed by atoms with E-state index >= 15 is 0 Å². The van der Waals surface area contributed by atoms with Gasteiger partial charge in [0.1, 0.15) is 16.6 Å². The number of methoxy groups -OCH3 is 1. The van der Waals surface area contributed by atoms with Gasteiger partial charge in [-0.15, -0.1) is 11.3 Å². The highest BCUT2D eigenvalue weighted by Crippen LogP contribution is 2.37.